The molecule has 2 spiro atoms. The van der Waals surface area contributed by atoms with Crippen molar-refractivity contribution in [3.63, 3.8) is 0 Å². The molecule has 5 nitrogen and oxygen atoms in total. The molecule has 0 unspecified atom stereocenters. The fourth-order valence-corrected chi connectivity index (χ4v) is 5.69. The topological polar surface area (TPSA) is 62.6 Å². The molecular weight excluding hydrogens is 316 g/mol. The van der Waals surface area contributed by atoms with Crippen molar-refractivity contribution in [2.45, 2.75) is 30.7 Å². The van der Waals surface area contributed by atoms with Gasteiger partial charge in [-0.2, -0.15) is 0 Å². The normalized spacial score (nSPS) is 34.2. The van der Waals surface area contributed by atoms with E-state index in [1.807, 2.05) is 43.4 Å². The van der Waals surface area contributed by atoms with Gasteiger partial charge in [0.2, 0.25) is 0 Å². The van der Waals surface area contributed by atoms with Gasteiger partial charge in [0.15, 0.2) is 0 Å². The van der Waals surface area contributed by atoms with Gasteiger partial charge in [-0.15, -0.1) is 0 Å². The third-order valence-electron chi connectivity index (χ3n) is 6.52. The van der Waals surface area contributed by atoms with Crippen LogP contribution >= 0.6 is 0 Å². The predicted molar refractivity (Wildman–Crippen MR) is 92.1 cm³/mol. The maximum absolute atomic E-state index is 13.4. The number of benzene rings is 1. The average Bonchev–Trinajstić information content (AvgIpc) is 3.34. The minimum Gasteiger partial charge on any atom is -0.469 e. The van der Waals surface area contributed by atoms with E-state index in [-0.39, 0.29) is 17.6 Å². The lowest BCUT2D eigenvalue weighted by Crippen LogP contribution is -2.57. The molecule has 1 saturated carbocycles. The van der Waals surface area contributed by atoms with Crippen LogP contribution in [0.1, 0.15) is 36.5 Å². The molecule has 1 aromatic carbocycles. The van der Waals surface area contributed by atoms with Crippen molar-refractivity contribution in [3.05, 3.63) is 54.0 Å². The molecule has 2 aliphatic heterocycles. The summed E-state index contributed by atoms with van der Waals surface area (Å²) in [6.07, 6.45) is 3.71. The lowest BCUT2D eigenvalue weighted by atomic mass is 9.60. The lowest BCUT2D eigenvalue weighted by molar-refractivity contribution is -0.142. The molecule has 0 bridgehead atoms. The van der Waals surface area contributed by atoms with Gasteiger partial charge in [-0.25, -0.2) is 0 Å². The molecule has 1 amide bonds. The van der Waals surface area contributed by atoms with E-state index in [1.54, 1.807) is 6.26 Å². The van der Waals surface area contributed by atoms with Crippen LogP contribution in [0.3, 0.4) is 0 Å². The number of nitrogens with one attached hydrogen (secondary N) is 1. The average molecular weight is 336 g/mol. The molecule has 2 aromatic rings. The molecule has 128 valence electrons. The van der Waals surface area contributed by atoms with Crippen molar-refractivity contribution < 1.29 is 14.0 Å². The predicted octanol–water partition coefficient (Wildman–Crippen LogP) is 2.90. The van der Waals surface area contributed by atoms with Crippen molar-refractivity contribution in [2.24, 2.45) is 5.41 Å². The molecule has 25 heavy (non-hydrogen) atoms. The Balaban J connectivity index is 1.82. The van der Waals surface area contributed by atoms with Crippen LogP contribution in [0.4, 0.5) is 5.69 Å². The highest BCUT2D eigenvalue weighted by Gasteiger charge is 2.74. The number of nitrogens with zero attached hydrogens (tertiary/aromatic N) is 1. The minimum atomic E-state index is -0.950. The number of amides is 1. The first-order chi connectivity index (χ1) is 12.1. The second-order valence-corrected chi connectivity index (χ2v) is 7.41. The number of ketones is 1. The Hall–Kier alpha value is -2.40. The smallest absolute Gasteiger partial charge is 0.250 e. The summed E-state index contributed by atoms with van der Waals surface area (Å²) in [6, 6.07) is 11.6. The molecule has 3 atom stereocenters. The van der Waals surface area contributed by atoms with Gasteiger partial charge in [0, 0.05) is 30.1 Å². The fraction of sp³-hybridized carbons (Fsp3) is 0.400. The fourth-order valence-electron chi connectivity index (χ4n) is 5.69. The number of likely N-dealkylation sites (tertiary alicyclic amines) is 1. The Labute approximate surface area is 146 Å². The lowest BCUT2D eigenvalue weighted by Gasteiger charge is -2.43. The number of hydrogen-bond donors (Lipinski definition) is 1. The molecule has 3 aliphatic rings. The number of carbonyl (C=O) groups is 2. The van der Waals surface area contributed by atoms with Crippen LogP contribution in [0.5, 0.6) is 0 Å². The highest BCUT2D eigenvalue weighted by atomic mass is 16.3. The molecule has 0 radical (unpaired) electrons. The van der Waals surface area contributed by atoms with E-state index in [1.165, 1.54) is 0 Å². The summed E-state index contributed by atoms with van der Waals surface area (Å²) in [5, 5.41) is 3.03. The van der Waals surface area contributed by atoms with Gasteiger partial charge < -0.3 is 9.73 Å². The van der Waals surface area contributed by atoms with Crippen LogP contribution in [-0.2, 0) is 15.1 Å². The van der Waals surface area contributed by atoms with Crippen LogP contribution in [0.15, 0.2) is 47.1 Å². The highest BCUT2D eigenvalue weighted by molar-refractivity contribution is 6.11. The van der Waals surface area contributed by atoms with E-state index >= 15 is 0 Å². The minimum absolute atomic E-state index is 0.0829. The highest BCUT2D eigenvalue weighted by Crippen LogP contribution is 2.66. The van der Waals surface area contributed by atoms with Gasteiger partial charge in [-0.3, -0.25) is 14.5 Å². The Morgan fingerprint density at radius 1 is 1.20 bits per heavy atom. The van der Waals surface area contributed by atoms with Crippen molar-refractivity contribution in [3.8, 4) is 0 Å². The molecule has 1 aromatic heterocycles. The van der Waals surface area contributed by atoms with E-state index in [9.17, 15) is 9.59 Å². The monoisotopic (exact) mass is 336 g/mol. The summed E-state index contributed by atoms with van der Waals surface area (Å²) in [7, 11) is 1.96. The number of fused-ring (bicyclic) bond motifs is 3. The zero-order chi connectivity index (χ0) is 17.2. The van der Waals surface area contributed by atoms with Crippen molar-refractivity contribution in [1.29, 1.82) is 0 Å². The Morgan fingerprint density at radius 3 is 2.76 bits per heavy atom. The molecule has 2 fully saturated rings. The number of anilines is 1. The summed E-state index contributed by atoms with van der Waals surface area (Å²) in [5.74, 6) is 0.793. The Morgan fingerprint density at radius 2 is 2.04 bits per heavy atom. The van der Waals surface area contributed by atoms with E-state index in [2.05, 4.69) is 10.2 Å². The van der Waals surface area contributed by atoms with Crippen molar-refractivity contribution in [2.75, 3.05) is 18.9 Å². The standard InChI is InChI=1S/C20H20N2O3/c1-22-12-14(16-8-5-11-25-16)19(10-4-9-17(19)23)20(22)13-6-2-3-7-15(13)21-18(20)24/h2-3,5-8,11,14H,4,9-10,12H2,1H3,(H,21,24)/t14-,19+,20+/m0/s1. The second kappa shape index (κ2) is 4.82. The summed E-state index contributed by atoms with van der Waals surface area (Å²) in [4.78, 5) is 28.7. The number of hydrogen-bond acceptors (Lipinski definition) is 4. The largest absolute Gasteiger partial charge is 0.469 e. The van der Waals surface area contributed by atoms with Gasteiger partial charge in [0.05, 0.1) is 11.7 Å². The van der Waals surface area contributed by atoms with E-state index < -0.39 is 11.0 Å². The third-order valence-corrected chi connectivity index (χ3v) is 6.52. The zero-order valence-electron chi connectivity index (χ0n) is 14.1. The molecule has 1 aliphatic carbocycles. The number of Topliss-reactive ketones (excluding diaryl/α,β-unsaturated/α-hetero) is 1. The second-order valence-electron chi connectivity index (χ2n) is 7.41. The molecular formula is C20H20N2O3. The number of likely N-dealkylation sites (N-methyl/N-ethyl adjacent to an activating group) is 1. The van der Waals surface area contributed by atoms with Gasteiger partial charge in [0.1, 0.15) is 17.1 Å². The van der Waals surface area contributed by atoms with E-state index in [4.69, 9.17) is 4.42 Å². The number of furan rings is 1. The van der Waals surface area contributed by atoms with Crippen LogP contribution in [0, 0.1) is 5.41 Å². The molecule has 5 heteroatoms. The molecule has 1 saturated heterocycles. The van der Waals surface area contributed by atoms with Gasteiger partial charge in [-0.05, 0) is 38.1 Å². The van der Waals surface area contributed by atoms with Gasteiger partial charge >= 0.3 is 0 Å². The first-order valence-corrected chi connectivity index (χ1v) is 8.81. The quantitative estimate of drug-likeness (QED) is 0.870. The summed E-state index contributed by atoms with van der Waals surface area (Å²) in [6.45, 7) is 0.626. The zero-order valence-corrected chi connectivity index (χ0v) is 14.1. The van der Waals surface area contributed by atoms with Gasteiger partial charge in [0.25, 0.3) is 5.91 Å². The van der Waals surface area contributed by atoms with E-state index in [0.29, 0.717) is 19.4 Å². The Bertz CT molecular complexity index is 875. The third kappa shape index (κ3) is 1.53. The number of rotatable bonds is 1. The van der Waals surface area contributed by atoms with Gasteiger partial charge in [-0.1, -0.05) is 18.2 Å². The molecule has 5 rings (SSSR count). The first-order valence-electron chi connectivity index (χ1n) is 8.81. The van der Waals surface area contributed by atoms with E-state index in [0.717, 1.165) is 23.4 Å². The number of para-hydroxylation sites is 1. The van der Waals surface area contributed by atoms with Crippen molar-refractivity contribution in [1.82, 2.24) is 4.90 Å². The molecule has 1 N–H and O–H groups in total. The van der Waals surface area contributed by atoms with Crippen LogP contribution < -0.4 is 5.32 Å². The summed E-state index contributed by atoms with van der Waals surface area (Å²) in [5.41, 5.74) is 0.0237. The maximum Gasteiger partial charge on any atom is 0.250 e. The maximum atomic E-state index is 13.4. The van der Waals surface area contributed by atoms with Crippen LogP contribution in [0.25, 0.3) is 0 Å². The summed E-state index contributed by atoms with van der Waals surface area (Å²) >= 11 is 0. The number of carbonyl (C=O) groups excluding carboxylic acids is 2. The van der Waals surface area contributed by atoms with Crippen LogP contribution in [-0.4, -0.2) is 30.2 Å². The van der Waals surface area contributed by atoms with Crippen LogP contribution in [0.2, 0.25) is 0 Å². The molecule has 3 heterocycles. The Kier molecular flexibility index (Phi) is 2.87. The first kappa shape index (κ1) is 14.9. The SMILES string of the molecule is CN1C[C@@H](c2ccco2)[C@@]2(CCCC2=O)[C@@]12C(=O)Nc1ccccc12. The summed E-state index contributed by atoms with van der Waals surface area (Å²) < 4.78 is 5.72. The van der Waals surface area contributed by atoms with Crippen molar-refractivity contribution >= 4 is 17.4 Å².